The Hall–Kier alpha value is -1.73. The maximum absolute atomic E-state index is 12.2. The van der Waals surface area contributed by atoms with E-state index >= 15 is 0 Å². The lowest BCUT2D eigenvalue weighted by Crippen LogP contribution is -2.43. The molecule has 0 radical (unpaired) electrons. The van der Waals surface area contributed by atoms with Crippen molar-refractivity contribution < 1.29 is 14.7 Å². The van der Waals surface area contributed by atoms with Gasteiger partial charge in [0.1, 0.15) is 10.7 Å². The molecule has 7 heteroatoms. The number of carboxylic acid groups (broad SMARTS) is 1. The van der Waals surface area contributed by atoms with Gasteiger partial charge in [-0.2, -0.15) is 0 Å². The van der Waals surface area contributed by atoms with Gasteiger partial charge in [-0.3, -0.25) is 9.59 Å². The lowest BCUT2D eigenvalue weighted by molar-refractivity contribution is -0.137. The van der Waals surface area contributed by atoms with Crippen molar-refractivity contribution in [3.8, 4) is 9.88 Å². The fraction of sp³-hybridized carbons (Fsp3) is 0.357. The van der Waals surface area contributed by atoms with Gasteiger partial charge >= 0.3 is 5.97 Å². The third-order valence-electron chi connectivity index (χ3n) is 2.88. The van der Waals surface area contributed by atoms with E-state index in [1.54, 1.807) is 30.6 Å². The zero-order chi connectivity index (χ0) is 15.5. The van der Waals surface area contributed by atoms with E-state index in [2.05, 4.69) is 10.3 Å². The molecule has 0 unspecified atom stereocenters. The SMILES string of the molecule is CC(C)(CCC(=O)O)NC(=O)c1csc(-c2cccs2)n1. The number of hydrogen-bond donors (Lipinski definition) is 2. The first-order valence-corrected chi connectivity index (χ1v) is 8.17. The molecular weight excluding hydrogens is 308 g/mol. The minimum atomic E-state index is -0.869. The van der Waals surface area contributed by atoms with Crippen molar-refractivity contribution in [2.45, 2.75) is 32.2 Å². The first kappa shape index (κ1) is 15.7. The van der Waals surface area contributed by atoms with Gasteiger partial charge in [0.25, 0.3) is 5.91 Å². The summed E-state index contributed by atoms with van der Waals surface area (Å²) >= 11 is 3.00. The topological polar surface area (TPSA) is 79.3 Å². The minimum Gasteiger partial charge on any atom is -0.481 e. The van der Waals surface area contributed by atoms with Crippen molar-refractivity contribution in [2.24, 2.45) is 0 Å². The molecule has 2 N–H and O–H groups in total. The Labute approximate surface area is 130 Å². The summed E-state index contributed by atoms with van der Waals surface area (Å²) in [6.45, 7) is 3.61. The van der Waals surface area contributed by atoms with Gasteiger partial charge in [0.05, 0.1) is 4.88 Å². The number of thiophene rings is 1. The van der Waals surface area contributed by atoms with Crippen LogP contribution in [-0.4, -0.2) is 27.5 Å². The van der Waals surface area contributed by atoms with Crippen molar-refractivity contribution in [3.63, 3.8) is 0 Å². The largest absolute Gasteiger partial charge is 0.481 e. The Kier molecular flexibility index (Phi) is 4.74. The molecule has 0 aliphatic heterocycles. The van der Waals surface area contributed by atoms with Gasteiger partial charge in [0.2, 0.25) is 0 Å². The van der Waals surface area contributed by atoms with E-state index in [-0.39, 0.29) is 12.3 Å². The number of aromatic nitrogens is 1. The van der Waals surface area contributed by atoms with Crippen molar-refractivity contribution >= 4 is 34.6 Å². The number of nitrogens with one attached hydrogen (secondary N) is 1. The summed E-state index contributed by atoms with van der Waals surface area (Å²) in [5.41, 5.74) is -0.214. The molecular formula is C14H16N2O3S2. The van der Waals surface area contributed by atoms with Gasteiger partial charge in [0.15, 0.2) is 0 Å². The van der Waals surface area contributed by atoms with Crippen LogP contribution in [0.15, 0.2) is 22.9 Å². The number of carbonyl (C=O) groups is 2. The number of carbonyl (C=O) groups excluding carboxylic acids is 1. The number of thiazole rings is 1. The smallest absolute Gasteiger partial charge is 0.303 e. The Balaban J connectivity index is 2.02. The summed E-state index contributed by atoms with van der Waals surface area (Å²) in [4.78, 5) is 28.2. The van der Waals surface area contributed by atoms with Crippen LogP contribution in [-0.2, 0) is 4.79 Å². The molecule has 112 valence electrons. The maximum Gasteiger partial charge on any atom is 0.303 e. The van der Waals surface area contributed by atoms with E-state index in [1.165, 1.54) is 11.3 Å². The predicted octanol–water partition coefficient (Wildman–Crippen LogP) is 3.24. The van der Waals surface area contributed by atoms with E-state index in [9.17, 15) is 9.59 Å². The van der Waals surface area contributed by atoms with Crippen molar-refractivity contribution in [1.29, 1.82) is 0 Å². The standard InChI is InChI=1S/C14H16N2O3S2/c1-14(2,6-5-11(17)18)16-12(19)9-8-21-13(15-9)10-4-3-7-20-10/h3-4,7-8H,5-6H2,1-2H3,(H,16,19)(H,17,18). The summed E-state index contributed by atoms with van der Waals surface area (Å²) in [6.07, 6.45) is 0.390. The number of aliphatic carboxylic acids is 1. The van der Waals surface area contributed by atoms with Crippen LogP contribution in [0.4, 0.5) is 0 Å². The van der Waals surface area contributed by atoms with Crippen LogP contribution in [0.5, 0.6) is 0 Å². The molecule has 0 aromatic carbocycles. The molecule has 0 bridgehead atoms. The summed E-state index contributed by atoms with van der Waals surface area (Å²) in [6, 6.07) is 3.90. The van der Waals surface area contributed by atoms with Gasteiger partial charge < -0.3 is 10.4 Å². The van der Waals surface area contributed by atoms with Gasteiger partial charge in [-0.05, 0) is 31.7 Å². The fourth-order valence-electron chi connectivity index (χ4n) is 1.74. The molecule has 0 atom stereocenters. The van der Waals surface area contributed by atoms with Crippen molar-refractivity contribution in [1.82, 2.24) is 10.3 Å². The second-order valence-electron chi connectivity index (χ2n) is 5.25. The first-order chi connectivity index (χ1) is 9.87. The normalized spacial score (nSPS) is 11.3. The Morgan fingerprint density at radius 3 is 2.76 bits per heavy atom. The molecule has 5 nitrogen and oxygen atoms in total. The third kappa shape index (κ3) is 4.37. The van der Waals surface area contributed by atoms with Gasteiger partial charge in [0, 0.05) is 17.3 Å². The van der Waals surface area contributed by atoms with Crippen molar-refractivity contribution in [2.75, 3.05) is 0 Å². The van der Waals surface area contributed by atoms with Crippen LogP contribution < -0.4 is 5.32 Å². The van der Waals surface area contributed by atoms with E-state index in [0.29, 0.717) is 12.1 Å². The highest BCUT2D eigenvalue weighted by Crippen LogP contribution is 2.28. The van der Waals surface area contributed by atoms with Gasteiger partial charge in [-0.1, -0.05) is 6.07 Å². The minimum absolute atomic E-state index is 0.0186. The van der Waals surface area contributed by atoms with Crippen LogP contribution in [0.25, 0.3) is 9.88 Å². The van der Waals surface area contributed by atoms with E-state index in [1.807, 2.05) is 17.5 Å². The Morgan fingerprint density at radius 2 is 2.14 bits per heavy atom. The summed E-state index contributed by atoms with van der Waals surface area (Å²) in [5, 5.41) is 16.0. The summed E-state index contributed by atoms with van der Waals surface area (Å²) in [7, 11) is 0. The van der Waals surface area contributed by atoms with Crippen LogP contribution >= 0.6 is 22.7 Å². The average Bonchev–Trinajstić information content (AvgIpc) is 3.06. The Morgan fingerprint density at radius 1 is 1.38 bits per heavy atom. The average molecular weight is 324 g/mol. The monoisotopic (exact) mass is 324 g/mol. The highest BCUT2D eigenvalue weighted by Gasteiger charge is 2.23. The predicted molar refractivity (Wildman–Crippen MR) is 83.8 cm³/mol. The molecule has 0 spiro atoms. The summed E-state index contributed by atoms with van der Waals surface area (Å²) in [5.74, 6) is -1.14. The highest BCUT2D eigenvalue weighted by atomic mass is 32.1. The molecule has 0 aliphatic rings. The molecule has 0 fully saturated rings. The van der Waals surface area contributed by atoms with Crippen LogP contribution in [0, 0.1) is 0 Å². The third-order valence-corrected chi connectivity index (χ3v) is 4.77. The summed E-state index contributed by atoms with van der Waals surface area (Å²) < 4.78 is 0. The zero-order valence-electron chi connectivity index (χ0n) is 11.8. The second-order valence-corrected chi connectivity index (χ2v) is 7.05. The molecule has 0 aliphatic carbocycles. The van der Waals surface area contributed by atoms with Crippen molar-refractivity contribution in [3.05, 3.63) is 28.6 Å². The molecule has 2 aromatic rings. The van der Waals surface area contributed by atoms with Crippen LogP contribution in [0.1, 0.15) is 37.2 Å². The molecule has 2 aromatic heterocycles. The number of nitrogens with zero attached hydrogens (tertiary/aromatic N) is 1. The quantitative estimate of drug-likeness (QED) is 0.855. The lowest BCUT2D eigenvalue weighted by Gasteiger charge is -2.25. The number of rotatable bonds is 6. The van der Waals surface area contributed by atoms with E-state index in [4.69, 9.17) is 5.11 Å². The maximum atomic E-state index is 12.2. The molecule has 0 saturated carbocycles. The van der Waals surface area contributed by atoms with E-state index in [0.717, 1.165) is 9.88 Å². The number of amides is 1. The highest BCUT2D eigenvalue weighted by molar-refractivity contribution is 7.20. The van der Waals surface area contributed by atoms with Crippen LogP contribution in [0.3, 0.4) is 0 Å². The molecule has 1 amide bonds. The van der Waals surface area contributed by atoms with Crippen LogP contribution in [0.2, 0.25) is 0 Å². The second kappa shape index (κ2) is 6.36. The van der Waals surface area contributed by atoms with Gasteiger partial charge in [-0.25, -0.2) is 4.98 Å². The van der Waals surface area contributed by atoms with Gasteiger partial charge in [-0.15, -0.1) is 22.7 Å². The first-order valence-electron chi connectivity index (χ1n) is 6.41. The lowest BCUT2D eigenvalue weighted by atomic mass is 9.98. The Bertz CT molecular complexity index is 632. The number of carboxylic acids is 1. The fourth-order valence-corrected chi connectivity index (χ4v) is 3.36. The number of hydrogen-bond acceptors (Lipinski definition) is 5. The molecule has 0 saturated heterocycles. The molecule has 21 heavy (non-hydrogen) atoms. The zero-order valence-corrected chi connectivity index (χ0v) is 13.4. The molecule has 2 rings (SSSR count). The van der Waals surface area contributed by atoms with E-state index < -0.39 is 11.5 Å². The molecule has 2 heterocycles.